The first-order chi connectivity index (χ1) is 11.3. The van der Waals surface area contributed by atoms with Gasteiger partial charge in [-0.15, -0.1) is 0 Å². The van der Waals surface area contributed by atoms with Crippen molar-refractivity contribution in [3.05, 3.63) is 27.9 Å². The maximum absolute atomic E-state index is 12.4. The van der Waals surface area contributed by atoms with Crippen LogP contribution in [0.3, 0.4) is 0 Å². The van der Waals surface area contributed by atoms with Crippen molar-refractivity contribution in [1.82, 2.24) is 9.47 Å². The number of amides is 2. The van der Waals surface area contributed by atoms with Crippen molar-refractivity contribution in [3.63, 3.8) is 0 Å². The Morgan fingerprint density at radius 2 is 2.00 bits per heavy atom. The van der Waals surface area contributed by atoms with Gasteiger partial charge >= 0.3 is 5.97 Å². The molecule has 2 heterocycles. The minimum atomic E-state index is -0.584. The second kappa shape index (κ2) is 7.25. The number of aromatic nitrogens is 1. The molecular formula is C17H22N2O4S. The van der Waals surface area contributed by atoms with Gasteiger partial charge in [0.05, 0.1) is 11.5 Å². The Labute approximate surface area is 145 Å². The molecule has 0 unspecified atom stereocenters. The molecule has 1 aliphatic rings. The zero-order valence-corrected chi connectivity index (χ0v) is 15.4. The molecule has 24 heavy (non-hydrogen) atoms. The van der Waals surface area contributed by atoms with Crippen molar-refractivity contribution in [2.45, 2.75) is 40.7 Å². The Hall–Kier alpha value is -2.02. The van der Waals surface area contributed by atoms with E-state index >= 15 is 0 Å². The molecule has 0 spiro atoms. The van der Waals surface area contributed by atoms with Crippen LogP contribution in [0.25, 0.3) is 6.08 Å². The number of rotatable bonds is 5. The number of hydrogen-bond donors (Lipinski definition) is 0. The van der Waals surface area contributed by atoms with Crippen LogP contribution in [0.1, 0.15) is 43.8 Å². The first kappa shape index (κ1) is 18.3. The predicted molar refractivity (Wildman–Crippen MR) is 93.6 cm³/mol. The molecule has 1 aliphatic heterocycles. The van der Waals surface area contributed by atoms with E-state index in [2.05, 4.69) is 18.4 Å². The summed E-state index contributed by atoms with van der Waals surface area (Å²) in [4.78, 5) is 37.2. The van der Waals surface area contributed by atoms with Crippen molar-refractivity contribution < 1.29 is 19.1 Å². The van der Waals surface area contributed by atoms with E-state index in [1.54, 1.807) is 13.0 Å². The molecule has 1 fully saturated rings. The van der Waals surface area contributed by atoms with Gasteiger partial charge < -0.3 is 9.30 Å². The van der Waals surface area contributed by atoms with Crippen LogP contribution in [-0.2, 0) is 14.3 Å². The number of hydrogen-bond acceptors (Lipinski definition) is 5. The molecule has 1 aromatic heterocycles. The average molecular weight is 350 g/mol. The van der Waals surface area contributed by atoms with E-state index in [-0.39, 0.29) is 13.2 Å². The summed E-state index contributed by atoms with van der Waals surface area (Å²) in [5.74, 6) is -1.04. The van der Waals surface area contributed by atoms with Crippen LogP contribution >= 0.6 is 11.8 Å². The second-order valence-corrected chi connectivity index (χ2v) is 6.86. The SMILES string of the molecule is CCOC(=O)CN1C(=O)S/C(=C\c2cc(C)n(C(C)C)c2C)C1=O. The number of aryl methyl sites for hydroxylation is 1. The van der Waals surface area contributed by atoms with Gasteiger partial charge in [-0.1, -0.05) is 0 Å². The van der Waals surface area contributed by atoms with Crippen LogP contribution in [0, 0.1) is 13.8 Å². The molecule has 6 nitrogen and oxygen atoms in total. The third-order valence-corrected chi connectivity index (χ3v) is 4.70. The Kier molecular flexibility index (Phi) is 5.54. The van der Waals surface area contributed by atoms with Gasteiger partial charge in [-0.25, -0.2) is 0 Å². The van der Waals surface area contributed by atoms with Gasteiger partial charge in [-0.2, -0.15) is 0 Å². The molecule has 0 atom stereocenters. The fourth-order valence-corrected chi connectivity index (χ4v) is 3.69. The summed E-state index contributed by atoms with van der Waals surface area (Å²) in [5.41, 5.74) is 3.04. The van der Waals surface area contributed by atoms with E-state index in [9.17, 15) is 14.4 Å². The second-order valence-electron chi connectivity index (χ2n) is 5.86. The molecule has 0 radical (unpaired) electrons. The first-order valence-corrected chi connectivity index (χ1v) is 8.67. The van der Waals surface area contributed by atoms with Crippen molar-refractivity contribution in [2.24, 2.45) is 0 Å². The molecule has 0 aromatic carbocycles. The highest BCUT2D eigenvalue weighted by atomic mass is 32.2. The van der Waals surface area contributed by atoms with Crippen molar-refractivity contribution >= 4 is 35.0 Å². The van der Waals surface area contributed by atoms with Gasteiger partial charge in [-0.05, 0) is 64.1 Å². The fourth-order valence-electron chi connectivity index (χ4n) is 2.86. The van der Waals surface area contributed by atoms with Crippen LogP contribution in [0.2, 0.25) is 0 Å². The van der Waals surface area contributed by atoms with E-state index in [1.807, 2.05) is 19.9 Å². The fraction of sp³-hybridized carbons (Fsp3) is 0.471. The first-order valence-electron chi connectivity index (χ1n) is 7.85. The highest BCUT2D eigenvalue weighted by molar-refractivity contribution is 8.18. The summed E-state index contributed by atoms with van der Waals surface area (Å²) in [6.45, 7) is 9.73. The quantitative estimate of drug-likeness (QED) is 0.602. The summed E-state index contributed by atoms with van der Waals surface area (Å²) in [6.07, 6.45) is 1.72. The largest absolute Gasteiger partial charge is 0.465 e. The third kappa shape index (κ3) is 3.56. The third-order valence-electron chi connectivity index (χ3n) is 3.79. The lowest BCUT2D eigenvalue weighted by Gasteiger charge is -2.13. The molecule has 2 amide bonds. The van der Waals surface area contributed by atoms with Gasteiger partial charge in [0.25, 0.3) is 11.1 Å². The number of ether oxygens (including phenoxy) is 1. The van der Waals surface area contributed by atoms with Gasteiger partial charge in [0.1, 0.15) is 6.54 Å². The summed E-state index contributed by atoms with van der Waals surface area (Å²) < 4.78 is 6.98. The normalized spacial score (nSPS) is 16.6. The Bertz CT molecular complexity index is 718. The summed E-state index contributed by atoms with van der Waals surface area (Å²) in [5, 5.41) is -0.447. The van der Waals surface area contributed by atoms with Gasteiger partial charge in [-0.3, -0.25) is 19.3 Å². The number of carbonyl (C=O) groups excluding carboxylic acids is 3. The molecule has 2 rings (SSSR count). The smallest absolute Gasteiger partial charge is 0.326 e. The van der Waals surface area contributed by atoms with Crippen LogP contribution in [0.15, 0.2) is 11.0 Å². The predicted octanol–water partition coefficient (Wildman–Crippen LogP) is 3.29. The molecule has 0 N–H and O–H groups in total. The average Bonchev–Trinajstić information content (AvgIpc) is 2.90. The Morgan fingerprint density at radius 1 is 1.33 bits per heavy atom. The highest BCUT2D eigenvalue weighted by Crippen LogP contribution is 2.33. The molecule has 0 aliphatic carbocycles. The van der Waals surface area contributed by atoms with E-state index in [0.717, 1.165) is 33.6 Å². The van der Waals surface area contributed by atoms with Crippen molar-refractivity contribution in [3.8, 4) is 0 Å². The van der Waals surface area contributed by atoms with E-state index in [1.165, 1.54) is 0 Å². The monoisotopic (exact) mass is 350 g/mol. The lowest BCUT2D eigenvalue weighted by Crippen LogP contribution is -2.34. The van der Waals surface area contributed by atoms with Crippen LogP contribution in [-0.4, -0.2) is 39.7 Å². The number of carbonyl (C=O) groups is 3. The molecule has 0 bridgehead atoms. The standard InChI is InChI=1S/C17H22N2O4S/c1-6-23-15(20)9-18-16(21)14(24-17(18)22)8-13-7-11(4)19(10(2)3)12(13)5/h7-8,10H,6,9H2,1-5H3/b14-8-. The highest BCUT2D eigenvalue weighted by Gasteiger charge is 2.36. The van der Waals surface area contributed by atoms with E-state index in [0.29, 0.717) is 10.9 Å². The lowest BCUT2D eigenvalue weighted by molar-refractivity contribution is -0.145. The molecule has 1 saturated heterocycles. The van der Waals surface area contributed by atoms with E-state index in [4.69, 9.17) is 4.74 Å². The zero-order chi connectivity index (χ0) is 18.0. The topological polar surface area (TPSA) is 68.6 Å². The minimum Gasteiger partial charge on any atom is -0.465 e. The summed E-state index contributed by atoms with van der Waals surface area (Å²) in [7, 11) is 0. The Morgan fingerprint density at radius 3 is 2.54 bits per heavy atom. The molecular weight excluding hydrogens is 328 g/mol. The molecule has 130 valence electrons. The van der Waals surface area contributed by atoms with Crippen LogP contribution in [0.5, 0.6) is 0 Å². The van der Waals surface area contributed by atoms with Crippen LogP contribution in [0.4, 0.5) is 4.79 Å². The van der Waals surface area contributed by atoms with E-state index < -0.39 is 17.1 Å². The van der Waals surface area contributed by atoms with Gasteiger partial charge in [0.2, 0.25) is 0 Å². The van der Waals surface area contributed by atoms with Crippen molar-refractivity contribution in [2.75, 3.05) is 13.2 Å². The van der Waals surface area contributed by atoms with Crippen LogP contribution < -0.4 is 0 Å². The summed E-state index contributed by atoms with van der Waals surface area (Å²) >= 11 is 0.850. The molecule has 1 aromatic rings. The zero-order valence-electron chi connectivity index (χ0n) is 14.6. The van der Waals surface area contributed by atoms with Gasteiger partial charge in [0.15, 0.2) is 0 Å². The number of esters is 1. The number of thioether (sulfide) groups is 1. The maximum Gasteiger partial charge on any atom is 0.326 e. The number of imide groups is 1. The number of nitrogens with zero attached hydrogens (tertiary/aromatic N) is 2. The van der Waals surface area contributed by atoms with Gasteiger partial charge in [0, 0.05) is 17.4 Å². The lowest BCUT2D eigenvalue weighted by atomic mass is 10.2. The van der Waals surface area contributed by atoms with Crippen molar-refractivity contribution in [1.29, 1.82) is 0 Å². The minimum absolute atomic E-state index is 0.214. The molecule has 0 saturated carbocycles. The molecule has 7 heteroatoms. The Balaban J connectivity index is 2.26. The summed E-state index contributed by atoms with van der Waals surface area (Å²) in [6, 6.07) is 2.31. The maximum atomic E-state index is 12.4.